The third-order valence-corrected chi connectivity index (χ3v) is 3.84. The monoisotopic (exact) mass is 297 g/mol. The molecule has 1 aromatic rings. The molecule has 96 valence electrons. The molecule has 0 aromatic heterocycles. The van der Waals surface area contributed by atoms with E-state index in [1.54, 1.807) is 0 Å². The third kappa shape index (κ3) is 4.81. The van der Waals surface area contributed by atoms with E-state index in [0.717, 1.165) is 5.92 Å². The van der Waals surface area contributed by atoms with Crippen LogP contribution in [-0.4, -0.2) is 7.05 Å². The second kappa shape index (κ2) is 7.17. The number of rotatable bonds is 6. The molecule has 0 spiro atoms. The summed E-state index contributed by atoms with van der Waals surface area (Å²) in [5.74, 6) is 0.800. The summed E-state index contributed by atoms with van der Waals surface area (Å²) < 4.78 is 1.22. The van der Waals surface area contributed by atoms with E-state index < -0.39 is 0 Å². The first-order valence-corrected chi connectivity index (χ1v) is 7.27. The zero-order valence-electron chi connectivity index (χ0n) is 11.4. The molecule has 0 aliphatic rings. The summed E-state index contributed by atoms with van der Waals surface area (Å²) in [5.41, 5.74) is 2.68. The Morgan fingerprint density at radius 1 is 1.24 bits per heavy atom. The van der Waals surface area contributed by atoms with Crippen molar-refractivity contribution in [1.29, 1.82) is 0 Å². The maximum absolute atomic E-state index is 3.67. The normalized spacial score (nSPS) is 13.1. The lowest BCUT2D eigenvalue weighted by Crippen LogP contribution is -2.17. The molecule has 0 aliphatic carbocycles. The van der Waals surface area contributed by atoms with Crippen LogP contribution in [0.15, 0.2) is 22.7 Å². The van der Waals surface area contributed by atoms with Gasteiger partial charge in [0.1, 0.15) is 0 Å². The molecule has 0 saturated heterocycles. The molecule has 1 nitrogen and oxygen atoms in total. The van der Waals surface area contributed by atoms with Crippen LogP contribution in [0.3, 0.4) is 0 Å². The average Bonchev–Trinajstić information content (AvgIpc) is 2.25. The van der Waals surface area contributed by atoms with Crippen LogP contribution in [-0.2, 0) is 0 Å². The molecule has 0 heterocycles. The Morgan fingerprint density at radius 3 is 2.47 bits per heavy atom. The Bertz CT molecular complexity index is 347. The fourth-order valence-corrected chi connectivity index (χ4v) is 2.87. The van der Waals surface area contributed by atoms with Gasteiger partial charge < -0.3 is 5.32 Å². The van der Waals surface area contributed by atoms with E-state index in [1.807, 2.05) is 7.05 Å². The van der Waals surface area contributed by atoms with Crippen molar-refractivity contribution in [2.45, 2.75) is 46.1 Å². The van der Waals surface area contributed by atoms with Gasteiger partial charge in [-0.05, 0) is 43.5 Å². The van der Waals surface area contributed by atoms with E-state index in [2.05, 4.69) is 60.2 Å². The molecule has 17 heavy (non-hydrogen) atoms. The van der Waals surface area contributed by atoms with Gasteiger partial charge in [0.05, 0.1) is 0 Å². The molecular weight excluding hydrogens is 274 g/mol. The summed E-state index contributed by atoms with van der Waals surface area (Å²) in [5, 5.41) is 3.42. The number of hydrogen-bond donors (Lipinski definition) is 1. The van der Waals surface area contributed by atoms with Crippen LogP contribution in [0.5, 0.6) is 0 Å². The summed E-state index contributed by atoms with van der Waals surface area (Å²) in [6.45, 7) is 6.70. The number of benzene rings is 1. The van der Waals surface area contributed by atoms with E-state index in [9.17, 15) is 0 Å². The van der Waals surface area contributed by atoms with E-state index in [0.29, 0.717) is 6.04 Å². The van der Waals surface area contributed by atoms with Crippen LogP contribution in [0.4, 0.5) is 0 Å². The van der Waals surface area contributed by atoms with Gasteiger partial charge >= 0.3 is 0 Å². The van der Waals surface area contributed by atoms with Crippen molar-refractivity contribution in [1.82, 2.24) is 5.32 Å². The molecule has 0 saturated carbocycles. The van der Waals surface area contributed by atoms with Gasteiger partial charge in [-0.25, -0.2) is 0 Å². The predicted octanol–water partition coefficient (Wildman–Crippen LogP) is 4.84. The zero-order chi connectivity index (χ0) is 12.8. The predicted molar refractivity (Wildman–Crippen MR) is 79.4 cm³/mol. The van der Waals surface area contributed by atoms with Crippen LogP contribution in [0, 0.1) is 12.8 Å². The van der Waals surface area contributed by atoms with Crippen molar-refractivity contribution in [3.63, 3.8) is 0 Å². The van der Waals surface area contributed by atoms with E-state index in [-0.39, 0.29) is 0 Å². The van der Waals surface area contributed by atoms with E-state index in [1.165, 1.54) is 34.9 Å². The van der Waals surface area contributed by atoms with Crippen LogP contribution in [0.1, 0.15) is 50.3 Å². The maximum atomic E-state index is 3.67. The van der Waals surface area contributed by atoms with Crippen molar-refractivity contribution in [3.8, 4) is 0 Å². The van der Waals surface area contributed by atoms with Crippen molar-refractivity contribution >= 4 is 15.9 Å². The van der Waals surface area contributed by atoms with Crippen LogP contribution in [0.25, 0.3) is 0 Å². The van der Waals surface area contributed by atoms with E-state index >= 15 is 0 Å². The molecule has 0 radical (unpaired) electrons. The van der Waals surface area contributed by atoms with Crippen molar-refractivity contribution < 1.29 is 0 Å². The van der Waals surface area contributed by atoms with Crippen LogP contribution >= 0.6 is 15.9 Å². The second-order valence-corrected chi connectivity index (χ2v) is 6.05. The molecule has 1 N–H and O–H groups in total. The highest BCUT2D eigenvalue weighted by Gasteiger charge is 2.12. The smallest absolute Gasteiger partial charge is 0.0328 e. The van der Waals surface area contributed by atoms with Gasteiger partial charge in [0.25, 0.3) is 0 Å². The molecule has 0 amide bonds. The van der Waals surface area contributed by atoms with Gasteiger partial charge in [-0.3, -0.25) is 0 Å². The Labute approximate surface area is 114 Å². The Hall–Kier alpha value is -0.340. The maximum Gasteiger partial charge on any atom is 0.0328 e. The first-order chi connectivity index (χ1) is 8.04. The van der Waals surface area contributed by atoms with E-state index in [4.69, 9.17) is 0 Å². The summed E-state index contributed by atoms with van der Waals surface area (Å²) in [4.78, 5) is 0. The van der Waals surface area contributed by atoms with Gasteiger partial charge in [0.15, 0.2) is 0 Å². The Balaban J connectivity index is 2.66. The number of nitrogens with one attached hydrogen (secondary N) is 1. The van der Waals surface area contributed by atoms with Gasteiger partial charge in [0.2, 0.25) is 0 Å². The molecule has 1 atom stereocenters. The number of hydrogen-bond acceptors (Lipinski definition) is 1. The molecule has 0 fully saturated rings. The SMILES string of the molecule is CNC(CCCC(C)C)c1ccc(C)cc1Br. The molecule has 0 aliphatic heterocycles. The standard InChI is InChI=1S/C15H24BrN/c1-11(2)6-5-7-15(17-4)13-9-8-12(3)10-14(13)16/h8-11,15,17H,5-7H2,1-4H3. The topological polar surface area (TPSA) is 12.0 Å². The summed E-state index contributed by atoms with van der Waals surface area (Å²) in [6.07, 6.45) is 3.79. The van der Waals surface area contributed by atoms with Crippen LogP contribution in [0.2, 0.25) is 0 Å². The first-order valence-electron chi connectivity index (χ1n) is 6.48. The quantitative estimate of drug-likeness (QED) is 0.792. The Kier molecular flexibility index (Phi) is 6.21. The van der Waals surface area contributed by atoms with Gasteiger partial charge in [0, 0.05) is 10.5 Å². The molecule has 2 heteroatoms. The average molecular weight is 298 g/mol. The third-order valence-electron chi connectivity index (χ3n) is 3.15. The molecule has 1 unspecified atom stereocenters. The number of aryl methyl sites for hydroxylation is 1. The fraction of sp³-hybridized carbons (Fsp3) is 0.600. The van der Waals surface area contributed by atoms with Gasteiger partial charge in [-0.2, -0.15) is 0 Å². The lowest BCUT2D eigenvalue weighted by molar-refractivity contribution is 0.469. The highest BCUT2D eigenvalue weighted by Crippen LogP contribution is 2.28. The summed E-state index contributed by atoms with van der Waals surface area (Å²) in [7, 11) is 2.05. The summed E-state index contributed by atoms with van der Waals surface area (Å²) >= 11 is 3.67. The molecule has 1 aromatic carbocycles. The molecule has 1 rings (SSSR count). The van der Waals surface area contributed by atoms with Gasteiger partial charge in [-0.15, -0.1) is 0 Å². The largest absolute Gasteiger partial charge is 0.313 e. The molecular formula is C15H24BrN. The van der Waals surface area contributed by atoms with Crippen molar-refractivity contribution in [2.24, 2.45) is 5.92 Å². The fourth-order valence-electron chi connectivity index (χ4n) is 2.10. The van der Waals surface area contributed by atoms with Crippen molar-refractivity contribution in [3.05, 3.63) is 33.8 Å². The lowest BCUT2D eigenvalue weighted by atomic mass is 9.97. The minimum atomic E-state index is 0.462. The minimum Gasteiger partial charge on any atom is -0.313 e. The highest BCUT2D eigenvalue weighted by atomic mass is 79.9. The number of halogens is 1. The second-order valence-electron chi connectivity index (χ2n) is 5.19. The first kappa shape index (κ1) is 14.7. The van der Waals surface area contributed by atoms with Crippen LogP contribution < -0.4 is 5.32 Å². The van der Waals surface area contributed by atoms with Crippen molar-refractivity contribution in [2.75, 3.05) is 7.05 Å². The minimum absolute atomic E-state index is 0.462. The molecule has 0 bridgehead atoms. The summed E-state index contributed by atoms with van der Waals surface area (Å²) in [6, 6.07) is 7.08. The lowest BCUT2D eigenvalue weighted by Gasteiger charge is -2.19. The Morgan fingerprint density at radius 2 is 1.94 bits per heavy atom. The zero-order valence-corrected chi connectivity index (χ0v) is 13.0. The van der Waals surface area contributed by atoms with Gasteiger partial charge in [-0.1, -0.05) is 54.8 Å². The highest BCUT2D eigenvalue weighted by molar-refractivity contribution is 9.10.